The monoisotopic (exact) mass is 294 g/mol. The van der Waals surface area contributed by atoms with Crippen LogP contribution in [0, 0.1) is 0 Å². The van der Waals surface area contributed by atoms with Crippen molar-refractivity contribution in [3.8, 4) is 10.6 Å². The predicted octanol–water partition coefficient (Wildman–Crippen LogP) is 1.10. The van der Waals surface area contributed by atoms with Gasteiger partial charge in [-0.3, -0.25) is 9.89 Å². The van der Waals surface area contributed by atoms with Crippen molar-refractivity contribution in [2.75, 3.05) is 33.4 Å². The minimum atomic E-state index is -0.169. The number of hydrogen-bond acceptors (Lipinski definition) is 5. The van der Waals surface area contributed by atoms with Gasteiger partial charge < -0.3 is 15.4 Å². The van der Waals surface area contributed by atoms with Gasteiger partial charge in [0, 0.05) is 26.7 Å². The SMILES string of the molecule is COCCNCCNC(=O)c1cc(-c2cccs2)[nH]n1. The van der Waals surface area contributed by atoms with E-state index in [0.29, 0.717) is 25.4 Å². The normalized spacial score (nSPS) is 10.7. The Morgan fingerprint density at radius 2 is 2.35 bits per heavy atom. The predicted molar refractivity (Wildman–Crippen MR) is 79.0 cm³/mol. The molecule has 2 aromatic rings. The second-order valence-electron chi connectivity index (χ2n) is 4.14. The van der Waals surface area contributed by atoms with E-state index in [1.807, 2.05) is 17.5 Å². The molecule has 0 aliphatic rings. The average molecular weight is 294 g/mol. The fourth-order valence-electron chi connectivity index (χ4n) is 1.65. The van der Waals surface area contributed by atoms with Crippen molar-refractivity contribution in [1.82, 2.24) is 20.8 Å². The highest BCUT2D eigenvalue weighted by Crippen LogP contribution is 2.22. The van der Waals surface area contributed by atoms with Crippen molar-refractivity contribution in [3.63, 3.8) is 0 Å². The first kappa shape index (κ1) is 14.7. The summed E-state index contributed by atoms with van der Waals surface area (Å²) in [7, 11) is 1.66. The molecule has 20 heavy (non-hydrogen) atoms. The Morgan fingerprint density at radius 1 is 1.45 bits per heavy atom. The molecule has 1 amide bonds. The van der Waals surface area contributed by atoms with Gasteiger partial charge in [-0.25, -0.2) is 0 Å². The summed E-state index contributed by atoms with van der Waals surface area (Å²) in [6.45, 7) is 2.70. The zero-order valence-corrected chi connectivity index (χ0v) is 12.1. The molecule has 108 valence electrons. The molecule has 0 fully saturated rings. The van der Waals surface area contributed by atoms with E-state index < -0.39 is 0 Å². The molecule has 7 heteroatoms. The van der Waals surface area contributed by atoms with Crippen molar-refractivity contribution >= 4 is 17.2 Å². The van der Waals surface area contributed by atoms with E-state index in [4.69, 9.17) is 4.74 Å². The molecule has 0 atom stereocenters. The number of nitrogens with one attached hydrogen (secondary N) is 3. The van der Waals surface area contributed by atoms with Crippen LogP contribution in [0.5, 0.6) is 0 Å². The summed E-state index contributed by atoms with van der Waals surface area (Å²) < 4.78 is 4.91. The van der Waals surface area contributed by atoms with E-state index in [2.05, 4.69) is 20.8 Å². The van der Waals surface area contributed by atoms with Crippen LogP contribution >= 0.6 is 11.3 Å². The molecule has 0 saturated carbocycles. The van der Waals surface area contributed by atoms with Crippen molar-refractivity contribution in [3.05, 3.63) is 29.3 Å². The van der Waals surface area contributed by atoms with E-state index in [1.165, 1.54) is 0 Å². The lowest BCUT2D eigenvalue weighted by Gasteiger charge is -2.04. The quantitative estimate of drug-likeness (QED) is 0.637. The van der Waals surface area contributed by atoms with Crippen molar-refractivity contribution in [2.24, 2.45) is 0 Å². The third kappa shape index (κ3) is 4.16. The number of carbonyl (C=O) groups is 1. The van der Waals surface area contributed by atoms with Crippen LogP contribution in [0.3, 0.4) is 0 Å². The molecule has 0 bridgehead atoms. The van der Waals surface area contributed by atoms with E-state index in [1.54, 1.807) is 24.5 Å². The van der Waals surface area contributed by atoms with Crippen LogP contribution in [0.1, 0.15) is 10.5 Å². The zero-order valence-electron chi connectivity index (χ0n) is 11.3. The molecule has 0 aromatic carbocycles. The van der Waals surface area contributed by atoms with Crippen LogP contribution in [0.25, 0.3) is 10.6 Å². The van der Waals surface area contributed by atoms with Crippen LogP contribution in [-0.4, -0.2) is 49.5 Å². The largest absolute Gasteiger partial charge is 0.383 e. The Kier molecular flexibility index (Phi) is 5.72. The molecule has 3 N–H and O–H groups in total. The van der Waals surface area contributed by atoms with Gasteiger partial charge in [-0.15, -0.1) is 11.3 Å². The highest BCUT2D eigenvalue weighted by molar-refractivity contribution is 7.13. The number of rotatable bonds is 8. The lowest BCUT2D eigenvalue weighted by atomic mass is 10.3. The molecule has 0 spiro atoms. The van der Waals surface area contributed by atoms with Gasteiger partial charge in [-0.05, 0) is 17.5 Å². The van der Waals surface area contributed by atoms with E-state index in [0.717, 1.165) is 17.1 Å². The van der Waals surface area contributed by atoms with Gasteiger partial charge in [0.15, 0.2) is 5.69 Å². The van der Waals surface area contributed by atoms with Crippen molar-refractivity contribution in [1.29, 1.82) is 0 Å². The molecule has 0 unspecified atom stereocenters. The van der Waals surface area contributed by atoms with Gasteiger partial charge in [-0.2, -0.15) is 5.10 Å². The van der Waals surface area contributed by atoms with Gasteiger partial charge >= 0.3 is 0 Å². The smallest absolute Gasteiger partial charge is 0.271 e. The molecule has 2 heterocycles. The summed E-state index contributed by atoms with van der Waals surface area (Å²) in [5, 5.41) is 14.9. The maximum absolute atomic E-state index is 11.9. The first-order valence-electron chi connectivity index (χ1n) is 6.38. The second-order valence-corrected chi connectivity index (χ2v) is 5.09. The molecule has 0 aliphatic heterocycles. The topological polar surface area (TPSA) is 79.0 Å². The standard InChI is InChI=1S/C13H18N4O2S/c1-19-7-6-14-4-5-15-13(18)11-9-10(16-17-11)12-3-2-8-20-12/h2-3,8-9,14H,4-7H2,1H3,(H,15,18)(H,16,17). The number of aromatic nitrogens is 2. The molecule has 6 nitrogen and oxygen atoms in total. The molecular weight excluding hydrogens is 276 g/mol. The number of carbonyl (C=O) groups excluding carboxylic acids is 1. The molecule has 2 aromatic heterocycles. The van der Waals surface area contributed by atoms with E-state index >= 15 is 0 Å². The van der Waals surface area contributed by atoms with Gasteiger partial charge in [0.2, 0.25) is 0 Å². The number of ether oxygens (including phenoxy) is 1. The lowest BCUT2D eigenvalue weighted by molar-refractivity contribution is 0.0948. The van der Waals surface area contributed by atoms with Crippen LogP contribution < -0.4 is 10.6 Å². The van der Waals surface area contributed by atoms with Crippen LogP contribution in [0.4, 0.5) is 0 Å². The van der Waals surface area contributed by atoms with E-state index in [-0.39, 0.29) is 5.91 Å². The Balaban J connectivity index is 1.76. The summed E-state index contributed by atoms with van der Waals surface area (Å²) >= 11 is 1.61. The number of aromatic amines is 1. The number of methoxy groups -OCH3 is 1. The first-order valence-corrected chi connectivity index (χ1v) is 7.26. The van der Waals surface area contributed by atoms with Gasteiger partial charge in [0.25, 0.3) is 5.91 Å². The summed E-state index contributed by atoms with van der Waals surface area (Å²) in [6, 6.07) is 5.71. The summed E-state index contributed by atoms with van der Waals surface area (Å²) in [4.78, 5) is 12.9. The number of thiophene rings is 1. The third-order valence-electron chi connectivity index (χ3n) is 2.67. The molecule has 0 saturated heterocycles. The fraction of sp³-hybridized carbons (Fsp3) is 0.385. The first-order chi connectivity index (χ1) is 9.81. The Hall–Kier alpha value is -1.70. The van der Waals surface area contributed by atoms with Gasteiger partial charge in [-0.1, -0.05) is 6.07 Å². The summed E-state index contributed by atoms with van der Waals surface area (Å²) in [5.74, 6) is -0.169. The molecule has 0 radical (unpaired) electrons. The van der Waals surface area contributed by atoms with Crippen molar-refractivity contribution < 1.29 is 9.53 Å². The lowest BCUT2D eigenvalue weighted by Crippen LogP contribution is -2.33. The highest BCUT2D eigenvalue weighted by atomic mass is 32.1. The Morgan fingerprint density at radius 3 is 3.10 bits per heavy atom. The number of hydrogen-bond donors (Lipinski definition) is 3. The Labute approximate surface area is 121 Å². The van der Waals surface area contributed by atoms with Gasteiger partial charge in [0.05, 0.1) is 17.2 Å². The van der Waals surface area contributed by atoms with Crippen LogP contribution in [0.2, 0.25) is 0 Å². The minimum Gasteiger partial charge on any atom is -0.383 e. The second kappa shape index (κ2) is 7.78. The maximum atomic E-state index is 11.9. The zero-order chi connectivity index (χ0) is 14.2. The Bertz CT molecular complexity index is 524. The highest BCUT2D eigenvalue weighted by Gasteiger charge is 2.11. The summed E-state index contributed by atoms with van der Waals surface area (Å²) in [5.41, 5.74) is 1.27. The average Bonchev–Trinajstić information content (AvgIpc) is 3.12. The maximum Gasteiger partial charge on any atom is 0.271 e. The molecule has 2 rings (SSSR count). The number of H-pyrrole nitrogens is 1. The number of nitrogens with zero attached hydrogens (tertiary/aromatic N) is 1. The molecule has 0 aliphatic carbocycles. The fourth-order valence-corrected chi connectivity index (χ4v) is 2.34. The third-order valence-corrected chi connectivity index (χ3v) is 3.57. The van der Waals surface area contributed by atoms with E-state index in [9.17, 15) is 4.79 Å². The van der Waals surface area contributed by atoms with Crippen molar-refractivity contribution in [2.45, 2.75) is 0 Å². The van der Waals surface area contributed by atoms with Crippen LogP contribution in [0.15, 0.2) is 23.6 Å². The van der Waals surface area contributed by atoms with Gasteiger partial charge in [0.1, 0.15) is 0 Å². The number of amides is 1. The van der Waals surface area contributed by atoms with Crippen LogP contribution in [-0.2, 0) is 4.74 Å². The summed E-state index contributed by atoms with van der Waals surface area (Å²) in [6.07, 6.45) is 0. The molecular formula is C13H18N4O2S. The minimum absolute atomic E-state index is 0.169.